The summed E-state index contributed by atoms with van der Waals surface area (Å²) in [5.41, 5.74) is 1.45. The number of rotatable bonds is 6. The average Bonchev–Trinajstić information content (AvgIpc) is 2.59. The third kappa shape index (κ3) is 3.71. The summed E-state index contributed by atoms with van der Waals surface area (Å²) >= 11 is 5.35. The molecule has 1 nitrogen and oxygen atoms in total. The van der Waals surface area contributed by atoms with E-state index in [4.69, 9.17) is 0 Å². The van der Waals surface area contributed by atoms with Gasteiger partial charge in [0.15, 0.2) is 0 Å². The summed E-state index contributed by atoms with van der Waals surface area (Å²) in [5, 5.41) is 7.84. The molecule has 1 rings (SSSR count). The van der Waals surface area contributed by atoms with Crippen LogP contribution in [-0.4, -0.2) is 13.1 Å². The second-order valence-corrected chi connectivity index (χ2v) is 5.21. The Morgan fingerprint density at radius 3 is 2.79 bits per heavy atom. The van der Waals surface area contributed by atoms with Gasteiger partial charge in [-0.15, -0.1) is 0 Å². The minimum Gasteiger partial charge on any atom is -0.317 e. The van der Waals surface area contributed by atoms with Gasteiger partial charge in [0.2, 0.25) is 0 Å². The van der Waals surface area contributed by atoms with Gasteiger partial charge in [-0.1, -0.05) is 13.8 Å². The fraction of sp³-hybridized carbons (Fsp3) is 0.636. The predicted molar refractivity (Wildman–Crippen MR) is 68.2 cm³/mol. The van der Waals surface area contributed by atoms with Crippen molar-refractivity contribution < 1.29 is 0 Å². The maximum absolute atomic E-state index is 3.58. The Kier molecular flexibility index (Phi) is 5.75. The molecule has 0 aliphatic carbocycles. The summed E-state index contributed by atoms with van der Waals surface area (Å²) in [6.07, 6.45) is 2.44. The largest absolute Gasteiger partial charge is 0.317 e. The molecule has 80 valence electrons. The van der Waals surface area contributed by atoms with E-state index in [2.05, 4.69) is 45.9 Å². The summed E-state index contributed by atoms with van der Waals surface area (Å²) in [5.74, 6) is 0.653. The van der Waals surface area contributed by atoms with Crippen LogP contribution < -0.4 is 5.32 Å². The van der Waals surface area contributed by atoms with Crippen LogP contribution in [0, 0.1) is 0 Å². The van der Waals surface area contributed by atoms with Crippen molar-refractivity contribution in [3.05, 3.63) is 20.8 Å². The topological polar surface area (TPSA) is 12.0 Å². The molecule has 0 spiro atoms. The van der Waals surface area contributed by atoms with Crippen molar-refractivity contribution in [2.24, 2.45) is 0 Å². The highest BCUT2D eigenvalue weighted by Crippen LogP contribution is 2.29. The van der Waals surface area contributed by atoms with E-state index >= 15 is 0 Å². The van der Waals surface area contributed by atoms with E-state index in [1.165, 1.54) is 22.9 Å². The van der Waals surface area contributed by atoms with Crippen LogP contribution >= 0.6 is 27.3 Å². The summed E-state index contributed by atoms with van der Waals surface area (Å²) in [4.78, 5) is 0. The van der Waals surface area contributed by atoms with Crippen LogP contribution in [-0.2, 0) is 0 Å². The lowest BCUT2D eigenvalue weighted by Crippen LogP contribution is -2.17. The predicted octanol–water partition coefficient (Wildman–Crippen LogP) is 4.00. The first-order valence-corrected chi connectivity index (χ1v) is 6.91. The Morgan fingerprint density at radius 2 is 2.21 bits per heavy atom. The van der Waals surface area contributed by atoms with Gasteiger partial charge in [0.1, 0.15) is 0 Å². The van der Waals surface area contributed by atoms with Crippen molar-refractivity contribution in [1.82, 2.24) is 5.32 Å². The van der Waals surface area contributed by atoms with Crippen LogP contribution in [0.4, 0.5) is 0 Å². The van der Waals surface area contributed by atoms with Crippen molar-refractivity contribution in [2.45, 2.75) is 32.6 Å². The van der Waals surface area contributed by atoms with Gasteiger partial charge >= 0.3 is 0 Å². The molecule has 0 aromatic carbocycles. The van der Waals surface area contributed by atoms with E-state index in [9.17, 15) is 0 Å². The summed E-state index contributed by atoms with van der Waals surface area (Å²) in [7, 11) is 0. The zero-order valence-corrected chi connectivity index (χ0v) is 11.2. The third-order valence-electron chi connectivity index (χ3n) is 2.35. The molecule has 0 aliphatic heterocycles. The number of hydrogen-bond acceptors (Lipinski definition) is 2. The lowest BCUT2D eigenvalue weighted by Gasteiger charge is -2.11. The molecule has 1 atom stereocenters. The van der Waals surface area contributed by atoms with Gasteiger partial charge in [-0.05, 0) is 58.7 Å². The smallest absolute Gasteiger partial charge is 0.0317 e. The van der Waals surface area contributed by atoms with Crippen LogP contribution in [0.3, 0.4) is 0 Å². The van der Waals surface area contributed by atoms with E-state index in [0.717, 1.165) is 13.1 Å². The van der Waals surface area contributed by atoms with Gasteiger partial charge in [0, 0.05) is 9.85 Å². The molecule has 1 N–H and O–H groups in total. The Bertz CT molecular complexity index is 260. The second kappa shape index (κ2) is 6.59. The first-order valence-electron chi connectivity index (χ1n) is 5.18. The zero-order chi connectivity index (χ0) is 10.4. The normalized spacial score (nSPS) is 13.1. The highest BCUT2D eigenvalue weighted by molar-refractivity contribution is 9.10. The van der Waals surface area contributed by atoms with Gasteiger partial charge < -0.3 is 5.32 Å². The molecular weight excluding hydrogens is 258 g/mol. The fourth-order valence-electron chi connectivity index (χ4n) is 1.42. The number of thiophene rings is 1. The number of hydrogen-bond donors (Lipinski definition) is 1. The van der Waals surface area contributed by atoms with Gasteiger partial charge in [-0.2, -0.15) is 11.3 Å². The highest BCUT2D eigenvalue weighted by atomic mass is 79.9. The molecule has 0 aliphatic rings. The molecule has 14 heavy (non-hydrogen) atoms. The Labute approximate surface area is 99.0 Å². The third-order valence-corrected chi connectivity index (χ3v) is 4.11. The summed E-state index contributed by atoms with van der Waals surface area (Å²) < 4.78 is 1.27. The molecule has 0 saturated heterocycles. The van der Waals surface area contributed by atoms with Crippen molar-refractivity contribution in [1.29, 1.82) is 0 Å². The second-order valence-electron chi connectivity index (χ2n) is 3.61. The van der Waals surface area contributed by atoms with Crippen LogP contribution in [0.15, 0.2) is 15.2 Å². The lowest BCUT2D eigenvalue weighted by molar-refractivity contribution is 0.590. The van der Waals surface area contributed by atoms with Crippen LogP contribution in [0.25, 0.3) is 0 Å². The maximum atomic E-state index is 3.58. The zero-order valence-electron chi connectivity index (χ0n) is 8.85. The van der Waals surface area contributed by atoms with Crippen molar-refractivity contribution in [3.8, 4) is 0 Å². The molecule has 1 heterocycles. The van der Waals surface area contributed by atoms with E-state index in [-0.39, 0.29) is 0 Å². The Morgan fingerprint density at radius 1 is 1.43 bits per heavy atom. The molecule has 0 bridgehead atoms. The van der Waals surface area contributed by atoms with Crippen LogP contribution in [0.2, 0.25) is 0 Å². The van der Waals surface area contributed by atoms with Crippen LogP contribution in [0.5, 0.6) is 0 Å². The van der Waals surface area contributed by atoms with E-state index < -0.39 is 0 Å². The SMILES string of the molecule is CCCNCCC(C)c1cscc1Br. The van der Waals surface area contributed by atoms with Gasteiger partial charge in [-0.25, -0.2) is 0 Å². The molecule has 1 aromatic heterocycles. The van der Waals surface area contributed by atoms with Crippen molar-refractivity contribution >= 4 is 27.3 Å². The van der Waals surface area contributed by atoms with E-state index in [1.807, 2.05) is 0 Å². The van der Waals surface area contributed by atoms with Gasteiger partial charge in [0.05, 0.1) is 0 Å². The summed E-state index contributed by atoms with van der Waals surface area (Å²) in [6.45, 7) is 6.75. The van der Waals surface area contributed by atoms with Crippen molar-refractivity contribution in [3.63, 3.8) is 0 Å². The summed E-state index contributed by atoms with van der Waals surface area (Å²) in [6, 6.07) is 0. The lowest BCUT2D eigenvalue weighted by atomic mass is 10.0. The number of nitrogens with one attached hydrogen (secondary N) is 1. The first kappa shape index (κ1) is 12.2. The minimum atomic E-state index is 0.653. The Hall–Kier alpha value is 0.140. The molecule has 0 radical (unpaired) electrons. The fourth-order valence-corrected chi connectivity index (χ4v) is 3.23. The maximum Gasteiger partial charge on any atom is 0.0317 e. The molecule has 3 heteroatoms. The quantitative estimate of drug-likeness (QED) is 0.774. The molecule has 1 aromatic rings. The van der Waals surface area contributed by atoms with Crippen LogP contribution in [0.1, 0.15) is 38.2 Å². The molecule has 1 unspecified atom stereocenters. The van der Waals surface area contributed by atoms with Gasteiger partial charge in [-0.3, -0.25) is 0 Å². The molecule has 0 fully saturated rings. The van der Waals surface area contributed by atoms with E-state index in [0.29, 0.717) is 5.92 Å². The van der Waals surface area contributed by atoms with Gasteiger partial charge in [0.25, 0.3) is 0 Å². The number of halogens is 1. The first-order chi connectivity index (χ1) is 6.75. The minimum absolute atomic E-state index is 0.653. The van der Waals surface area contributed by atoms with Crippen molar-refractivity contribution in [2.75, 3.05) is 13.1 Å². The molecule has 0 amide bonds. The Balaban J connectivity index is 2.28. The average molecular weight is 276 g/mol. The highest BCUT2D eigenvalue weighted by Gasteiger charge is 2.09. The monoisotopic (exact) mass is 275 g/mol. The standard InChI is InChI=1S/C11H18BrNS/c1-3-5-13-6-4-9(2)10-7-14-8-11(10)12/h7-9,13H,3-6H2,1-2H3. The molecule has 0 saturated carbocycles. The van der Waals surface area contributed by atoms with E-state index in [1.54, 1.807) is 11.3 Å². The molecular formula is C11H18BrNS.